The van der Waals surface area contributed by atoms with E-state index >= 15 is 0 Å². The van der Waals surface area contributed by atoms with E-state index in [4.69, 9.17) is 11.6 Å². The number of carbonyl (C=O) groups is 1. The van der Waals surface area contributed by atoms with E-state index in [9.17, 15) is 23.3 Å². The first-order valence-electron chi connectivity index (χ1n) is 8.59. The van der Waals surface area contributed by atoms with E-state index in [2.05, 4.69) is 5.32 Å². The molecule has 1 N–H and O–H groups in total. The van der Waals surface area contributed by atoms with E-state index in [0.717, 1.165) is 10.4 Å². The summed E-state index contributed by atoms with van der Waals surface area (Å²) in [6, 6.07) is 17.9. The highest BCUT2D eigenvalue weighted by molar-refractivity contribution is 7.92. The Morgan fingerprint density at radius 3 is 2.27 bits per heavy atom. The molecule has 0 radical (unpaired) electrons. The van der Waals surface area contributed by atoms with Gasteiger partial charge in [-0.25, -0.2) is 8.42 Å². The lowest BCUT2D eigenvalue weighted by atomic mass is 10.2. The van der Waals surface area contributed by atoms with Crippen molar-refractivity contribution in [2.75, 3.05) is 16.7 Å². The lowest BCUT2D eigenvalue weighted by Crippen LogP contribution is -2.26. The molecule has 30 heavy (non-hydrogen) atoms. The van der Waals surface area contributed by atoms with Gasteiger partial charge in [0.15, 0.2) is 0 Å². The Balaban J connectivity index is 1.78. The molecular formula is C20H16ClN3O5S. The van der Waals surface area contributed by atoms with Crippen molar-refractivity contribution in [3.8, 4) is 0 Å². The third-order valence-corrected chi connectivity index (χ3v) is 6.41. The van der Waals surface area contributed by atoms with Gasteiger partial charge >= 0.3 is 0 Å². The zero-order chi connectivity index (χ0) is 21.9. The first-order valence-corrected chi connectivity index (χ1v) is 10.4. The summed E-state index contributed by atoms with van der Waals surface area (Å²) < 4.78 is 26.7. The zero-order valence-corrected chi connectivity index (χ0v) is 17.2. The summed E-state index contributed by atoms with van der Waals surface area (Å²) in [6.07, 6.45) is 0. The molecule has 3 aromatic rings. The maximum Gasteiger partial charge on any atom is 0.288 e. The van der Waals surface area contributed by atoms with Crippen molar-refractivity contribution in [2.24, 2.45) is 0 Å². The van der Waals surface area contributed by atoms with Gasteiger partial charge in [-0.3, -0.25) is 19.2 Å². The third-order valence-electron chi connectivity index (χ3n) is 4.30. The molecule has 10 heteroatoms. The Kier molecular flexibility index (Phi) is 6.04. The number of rotatable bonds is 6. The average Bonchev–Trinajstić information content (AvgIpc) is 2.74. The molecule has 0 bridgehead atoms. The van der Waals surface area contributed by atoms with Crippen LogP contribution in [0, 0.1) is 10.1 Å². The topological polar surface area (TPSA) is 110 Å². The minimum Gasteiger partial charge on any atom is -0.322 e. The number of para-hydroxylation sites is 1. The normalized spacial score (nSPS) is 11.0. The van der Waals surface area contributed by atoms with E-state index in [0.29, 0.717) is 11.4 Å². The third kappa shape index (κ3) is 4.42. The number of halogens is 1. The Bertz CT molecular complexity index is 1200. The molecule has 0 heterocycles. The van der Waals surface area contributed by atoms with Crippen molar-refractivity contribution in [1.82, 2.24) is 0 Å². The van der Waals surface area contributed by atoms with Gasteiger partial charge in [-0.1, -0.05) is 29.8 Å². The number of benzene rings is 3. The minimum atomic E-state index is -3.78. The summed E-state index contributed by atoms with van der Waals surface area (Å²) in [7, 11) is -2.33. The number of nitro benzene ring substituents is 1. The predicted octanol–water partition coefficient (Wildman–Crippen LogP) is 4.33. The van der Waals surface area contributed by atoms with Gasteiger partial charge in [0.05, 0.1) is 15.5 Å². The minimum absolute atomic E-state index is 0.0478. The highest BCUT2D eigenvalue weighted by Gasteiger charge is 2.21. The first-order chi connectivity index (χ1) is 14.2. The van der Waals surface area contributed by atoms with E-state index in [1.165, 1.54) is 43.4 Å². The van der Waals surface area contributed by atoms with Crippen molar-refractivity contribution in [3.63, 3.8) is 0 Å². The van der Waals surface area contributed by atoms with Gasteiger partial charge in [-0.05, 0) is 48.5 Å². The summed E-state index contributed by atoms with van der Waals surface area (Å²) in [5.41, 5.74) is 0.513. The molecule has 0 aliphatic heterocycles. The van der Waals surface area contributed by atoms with Gasteiger partial charge in [0.1, 0.15) is 5.02 Å². The molecule has 0 atom stereocenters. The lowest BCUT2D eigenvalue weighted by Gasteiger charge is -2.19. The maximum absolute atomic E-state index is 12.8. The van der Waals surface area contributed by atoms with Crippen LogP contribution in [0.3, 0.4) is 0 Å². The van der Waals surface area contributed by atoms with Crippen LogP contribution in [-0.4, -0.2) is 26.3 Å². The molecule has 0 aromatic heterocycles. The van der Waals surface area contributed by atoms with E-state index < -0.39 is 20.9 Å². The monoisotopic (exact) mass is 445 g/mol. The SMILES string of the molecule is CN(c1ccccc1)S(=O)(=O)c1ccc(NC(=O)c2ccc(Cl)c([N+](=O)[O-])c2)cc1. The lowest BCUT2D eigenvalue weighted by molar-refractivity contribution is -0.384. The smallest absolute Gasteiger partial charge is 0.288 e. The zero-order valence-electron chi connectivity index (χ0n) is 15.7. The van der Waals surface area contributed by atoms with E-state index in [1.54, 1.807) is 30.3 Å². The van der Waals surface area contributed by atoms with Crippen LogP contribution in [0.15, 0.2) is 77.7 Å². The molecule has 0 saturated carbocycles. The van der Waals surface area contributed by atoms with Crippen LogP contribution >= 0.6 is 11.6 Å². The molecule has 1 amide bonds. The van der Waals surface area contributed by atoms with Crippen LogP contribution in [0.2, 0.25) is 5.02 Å². The fourth-order valence-corrected chi connectivity index (χ4v) is 4.02. The number of hydrogen-bond donors (Lipinski definition) is 1. The van der Waals surface area contributed by atoms with Crippen molar-refractivity contribution in [1.29, 1.82) is 0 Å². The number of hydrogen-bond acceptors (Lipinski definition) is 5. The molecule has 0 saturated heterocycles. The Morgan fingerprint density at radius 1 is 1.03 bits per heavy atom. The second kappa shape index (κ2) is 8.52. The predicted molar refractivity (Wildman–Crippen MR) is 115 cm³/mol. The molecule has 3 rings (SSSR count). The Morgan fingerprint density at radius 2 is 1.67 bits per heavy atom. The summed E-state index contributed by atoms with van der Waals surface area (Å²) in [5.74, 6) is -0.591. The second-order valence-corrected chi connectivity index (χ2v) is 8.59. The molecule has 0 spiro atoms. The second-order valence-electron chi connectivity index (χ2n) is 6.21. The number of sulfonamides is 1. The fraction of sp³-hybridized carbons (Fsp3) is 0.0500. The number of carbonyl (C=O) groups excluding carboxylic acids is 1. The first kappa shape index (κ1) is 21.3. The van der Waals surface area contributed by atoms with Crippen LogP contribution in [0.4, 0.5) is 17.1 Å². The molecule has 3 aromatic carbocycles. The number of anilines is 2. The van der Waals surface area contributed by atoms with E-state index in [1.807, 2.05) is 0 Å². The number of amides is 1. The molecule has 0 aliphatic rings. The summed E-state index contributed by atoms with van der Waals surface area (Å²) >= 11 is 5.75. The molecule has 8 nitrogen and oxygen atoms in total. The molecular weight excluding hydrogens is 430 g/mol. The Hall–Kier alpha value is -3.43. The quantitative estimate of drug-likeness (QED) is 0.448. The van der Waals surface area contributed by atoms with Crippen LogP contribution in [0.25, 0.3) is 0 Å². The van der Waals surface area contributed by atoms with Crippen molar-refractivity contribution in [3.05, 3.63) is 93.5 Å². The highest BCUT2D eigenvalue weighted by Crippen LogP contribution is 2.26. The van der Waals surface area contributed by atoms with Crippen LogP contribution in [0.5, 0.6) is 0 Å². The standard InChI is InChI=1S/C20H16ClN3O5S/c1-23(16-5-3-2-4-6-16)30(28,29)17-10-8-15(9-11-17)22-20(25)14-7-12-18(21)19(13-14)24(26)27/h2-13H,1H3,(H,22,25). The van der Waals surface area contributed by atoms with Crippen LogP contribution in [-0.2, 0) is 10.0 Å². The highest BCUT2D eigenvalue weighted by atomic mass is 35.5. The van der Waals surface area contributed by atoms with Crippen molar-refractivity contribution in [2.45, 2.75) is 4.90 Å². The van der Waals surface area contributed by atoms with Crippen molar-refractivity contribution < 1.29 is 18.1 Å². The van der Waals surface area contributed by atoms with Gasteiger partial charge < -0.3 is 5.32 Å². The number of nitro groups is 1. The summed E-state index contributed by atoms with van der Waals surface area (Å²) in [4.78, 5) is 22.7. The molecule has 0 aliphatic carbocycles. The molecule has 0 fully saturated rings. The van der Waals surface area contributed by atoms with Gasteiger partial charge in [-0.2, -0.15) is 0 Å². The molecule has 154 valence electrons. The summed E-state index contributed by atoms with van der Waals surface area (Å²) in [5, 5.41) is 13.5. The summed E-state index contributed by atoms with van der Waals surface area (Å²) in [6.45, 7) is 0. The average molecular weight is 446 g/mol. The van der Waals surface area contributed by atoms with Gasteiger partial charge in [0.2, 0.25) is 0 Å². The maximum atomic E-state index is 12.8. The Labute approximate surface area is 177 Å². The largest absolute Gasteiger partial charge is 0.322 e. The van der Waals surface area contributed by atoms with Gasteiger partial charge in [-0.15, -0.1) is 0 Å². The number of nitrogens with zero attached hydrogens (tertiary/aromatic N) is 2. The molecule has 0 unspecified atom stereocenters. The van der Waals surface area contributed by atoms with Gasteiger partial charge in [0, 0.05) is 24.4 Å². The fourth-order valence-electron chi connectivity index (χ4n) is 2.64. The van der Waals surface area contributed by atoms with E-state index in [-0.39, 0.29) is 21.2 Å². The van der Waals surface area contributed by atoms with Crippen LogP contribution < -0.4 is 9.62 Å². The number of nitrogens with one attached hydrogen (secondary N) is 1. The van der Waals surface area contributed by atoms with Crippen LogP contribution in [0.1, 0.15) is 10.4 Å². The van der Waals surface area contributed by atoms with Gasteiger partial charge in [0.25, 0.3) is 21.6 Å². The van der Waals surface area contributed by atoms with Crippen molar-refractivity contribution >= 4 is 44.6 Å².